The highest BCUT2D eigenvalue weighted by Crippen LogP contribution is 2.26. The fourth-order valence-electron chi connectivity index (χ4n) is 3.49. The second-order valence-electron chi connectivity index (χ2n) is 7.27. The SMILES string of the molecule is Cc1ccc(C(NC(=O)Cc2csc(N3CCCC3=O)n2)c2ccccc2)cc1. The van der Waals surface area contributed by atoms with Crippen molar-refractivity contribution >= 4 is 28.3 Å². The lowest BCUT2D eigenvalue weighted by Crippen LogP contribution is -2.30. The van der Waals surface area contributed by atoms with Crippen LogP contribution in [-0.2, 0) is 16.0 Å². The molecule has 1 saturated heterocycles. The molecule has 2 heterocycles. The van der Waals surface area contributed by atoms with Gasteiger partial charge in [-0.15, -0.1) is 11.3 Å². The smallest absolute Gasteiger partial charge is 0.228 e. The van der Waals surface area contributed by atoms with Gasteiger partial charge in [-0.05, 0) is 24.5 Å². The maximum atomic E-state index is 12.8. The molecule has 0 spiro atoms. The lowest BCUT2D eigenvalue weighted by Gasteiger charge is -2.20. The third-order valence-corrected chi connectivity index (χ3v) is 5.95. The largest absolute Gasteiger partial charge is 0.345 e. The molecule has 3 aromatic rings. The molecule has 0 aliphatic carbocycles. The summed E-state index contributed by atoms with van der Waals surface area (Å²) < 4.78 is 0. The number of hydrogen-bond acceptors (Lipinski definition) is 4. The minimum atomic E-state index is -0.220. The predicted molar refractivity (Wildman–Crippen MR) is 115 cm³/mol. The Morgan fingerprint density at radius 1 is 1.14 bits per heavy atom. The first-order valence-electron chi connectivity index (χ1n) is 9.76. The Balaban J connectivity index is 1.49. The van der Waals surface area contributed by atoms with Crippen LogP contribution in [0.25, 0.3) is 0 Å². The van der Waals surface area contributed by atoms with Gasteiger partial charge in [0.1, 0.15) is 0 Å². The van der Waals surface area contributed by atoms with Crippen LogP contribution in [0, 0.1) is 6.92 Å². The maximum Gasteiger partial charge on any atom is 0.228 e. The highest BCUT2D eigenvalue weighted by Gasteiger charge is 2.25. The number of nitrogens with zero attached hydrogens (tertiary/aromatic N) is 2. The number of carbonyl (C=O) groups excluding carboxylic acids is 2. The molecule has 1 unspecified atom stereocenters. The minimum Gasteiger partial charge on any atom is -0.345 e. The Bertz CT molecular complexity index is 998. The molecule has 0 radical (unpaired) electrons. The van der Waals surface area contributed by atoms with Gasteiger partial charge in [-0.25, -0.2) is 4.98 Å². The standard InChI is InChI=1S/C23H23N3O2S/c1-16-9-11-18(12-10-16)22(17-6-3-2-4-7-17)25-20(27)14-19-15-29-23(24-19)26-13-5-8-21(26)28/h2-4,6-7,9-12,15,22H,5,8,13-14H2,1H3,(H,25,27). The van der Waals surface area contributed by atoms with Crippen LogP contribution in [-0.4, -0.2) is 23.3 Å². The van der Waals surface area contributed by atoms with E-state index in [4.69, 9.17) is 0 Å². The second-order valence-corrected chi connectivity index (χ2v) is 8.11. The van der Waals surface area contributed by atoms with E-state index >= 15 is 0 Å². The first kappa shape index (κ1) is 19.3. The third-order valence-electron chi connectivity index (χ3n) is 5.03. The average Bonchev–Trinajstić information content (AvgIpc) is 3.36. The van der Waals surface area contributed by atoms with Gasteiger partial charge >= 0.3 is 0 Å². The number of amides is 2. The summed E-state index contributed by atoms with van der Waals surface area (Å²) in [5.74, 6) is 0.0166. The van der Waals surface area contributed by atoms with Gasteiger partial charge in [0.15, 0.2) is 5.13 Å². The van der Waals surface area contributed by atoms with Crippen LogP contribution in [0.2, 0.25) is 0 Å². The summed E-state index contributed by atoms with van der Waals surface area (Å²) >= 11 is 1.42. The number of thiazole rings is 1. The molecule has 29 heavy (non-hydrogen) atoms. The monoisotopic (exact) mass is 405 g/mol. The molecule has 0 bridgehead atoms. The molecule has 2 amide bonds. The molecule has 1 atom stereocenters. The number of rotatable bonds is 6. The molecule has 6 heteroatoms. The summed E-state index contributed by atoms with van der Waals surface area (Å²) in [5, 5.41) is 5.70. The van der Waals surface area contributed by atoms with Crippen molar-refractivity contribution in [2.45, 2.75) is 32.2 Å². The van der Waals surface area contributed by atoms with Crippen LogP contribution in [0.1, 0.15) is 41.3 Å². The van der Waals surface area contributed by atoms with Gasteiger partial charge in [0.05, 0.1) is 18.2 Å². The van der Waals surface area contributed by atoms with Crippen molar-refractivity contribution in [1.82, 2.24) is 10.3 Å². The van der Waals surface area contributed by atoms with Crippen molar-refractivity contribution in [3.05, 3.63) is 82.4 Å². The van der Waals surface area contributed by atoms with E-state index in [2.05, 4.69) is 22.4 Å². The van der Waals surface area contributed by atoms with E-state index in [9.17, 15) is 9.59 Å². The molecule has 1 aromatic heterocycles. The lowest BCUT2D eigenvalue weighted by atomic mass is 9.97. The number of anilines is 1. The Kier molecular flexibility index (Phi) is 5.71. The Morgan fingerprint density at radius 2 is 1.86 bits per heavy atom. The molecule has 0 saturated carbocycles. The number of benzene rings is 2. The van der Waals surface area contributed by atoms with Gasteiger partial charge in [0.2, 0.25) is 11.8 Å². The summed E-state index contributed by atoms with van der Waals surface area (Å²) in [6.45, 7) is 2.76. The molecule has 1 aliphatic heterocycles. The van der Waals surface area contributed by atoms with Crippen molar-refractivity contribution < 1.29 is 9.59 Å². The van der Waals surface area contributed by atoms with E-state index in [1.165, 1.54) is 16.9 Å². The van der Waals surface area contributed by atoms with Crippen LogP contribution in [0.5, 0.6) is 0 Å². The molecule has 1 aliphatic rings. The van der Waals surface area contributed by atoms with E-state index < -0.39 is 0 Å². The third kappa shape index (κ3) is 4.54. The highest BCUT2D eigenvalue weighted by atomic mass is 32.1. The van der Waals surface area contributed by atoms with Crippen LogP contribution >= 0.6 is 11.3 Å². The van der Waals surface area contributed by atoms with Crippen LogP contribution in [0.15, 0.2) is 60.0 Å². The molecular formula is C23H23N3O2S. The van der Waals surface area contributed by atoms with Gasteiger partial charge in [-0.3, -0.25) is 14.5 Å². The van der Waals surface area contributed by atoms with Gasteiger partial charge in [0, 0.05) is 18.3 Å². The van der Waals surface area contributed by atoms with Crippen molar-refractivity contribution in [3.63, 3.8) is 0 Å². The fourth-order valence-corrected chi connectivity index (χ4v) is 4.36. The zero-order valence-corrected chi connectivity index (χ0v) is 17.1. The lowest BCUT2D eigenvalue weighted by molar-refractivity contribution is -0.121. The van der Waals surface area contributed by atoms with Gasteiger partial charge < -0.3 is 5.32 Å². The normalized spacial score (nSPS) is 14.8. The van der Waals surface area contributed by atoms with E-state index in [1.54, 1.807) is 4.90 Å². The maximum absolute atomic E-state index is 12.8. The molecule has 4 rings (SSSR count). The van der Waals surface area contributed by atoms with E-state index in [0.29, 0.717) is 23.8 Å². The average molecular weight is 406 g/mol. The van der Waals surface area contributed by atoms with E-state index in [1.807, 2.05) is 54.8 Å². The van der Waals surface area contributed by atoms with Crippen LogP contribution in [0.3, 0.4) is 0 Å². The fraction of sp³-hybridized carbons (Fsp3) is 0.261. The summed E-state index contributed by atoms with van der Waals surface area (Å²) in [4.78, 5) is 30.9. The minimum absolute atomic E-state index is 0.0935. The summed E-state index contributed by atoms with van der Waals surface area (Å²) in [7, 11) is 0. The summed E-state index contributed by atoms with van der Waals surface area (Å²) in [6.07, 6.45) is 1.63. The molecular weight excluding hydrogens is 382 g/mol. The highest BCUT2D eigenvalue weighted by molar-refractivity contribution is 7.14. The quantitative estimate of drug-likeness (QED) is 0.674. The van der Waals surface area contributed by atoms with E-state index in [0.717, 1.165) is 17.5 Å². The predicted octanol–water partition coefficient (Wildman–Crippen LogP) is 4.03. The summed E-state index contributed by atoms with van der Waals surface area (Å²) in [6, 6.07) is 17.9. The number of aryl methyl sites for hydroxylation is 1. The van der Waals surface area contributed by atoms with Crippen LogP contribution in [0.4, 0.5) is 5.13 Å². The van der Waals surface area contributed by atoms with Gasteiger partial charge in [0.25, 0.3) is 0 Å². The van der Waals surface area contributed by atoms with Crippen molar-refractivity contribution in [3.8, 4) is 0 Å². The second kappa shape index (κ2) is 8.57. The Labute approximate surface area is 174 Å². The van der Waals surface area contributed by atoms with Gasteiger partial charge in [-0.1, -0.05) is 60.2 Å². The number of carbonyl (C=O) groups is 2. The molecule has 2 aromatic carbocycles. The Morgan fingerprint density at radius 3 is 2.55 bits per heavy atom. The topological polar surface area (TPSA) is 62.3 Å². The molecule has 148 valence electrons. The van der Waals surface area contributed by atoms with Crippen molar-refractivity contribution in [2.75, 3.05) is 11.4 Å². The number of nitrogens with one attached hydrogen (secondary N) is 1. The number of aromatic nitrogens is 1. The first-order valence-corrected chi connectivity index (χ1v) is 10.6. The molecule has 5 nitrogen and oxygen atoms in total. The molecule has 1 N–H and O–H groups in total. The Hall–Kier alpha value is -2.99. The zero-order chi connectivity index (χ0) is 20.2. The molecule has 1 fully saturated rings. The number of hydrogen-bond donors (Lipinski definition) is 1. The van der Waals surface area contributed by atoms with Crippen LogP contribution < -0.4 is 10.2 Å². The van der Waals surface area contributed by atoms with Gasteiger partial charge in [-0.2, -0.15) is 0 Å². The first-order chi connectivity index (χ1) is 14.1. The van der Waals surface area contributed by atoms with E-state index in [-0.39, 0.29) is 24.3 Å². The van der Waals surface area contributed by atoms with Crippen molar-refractivity contribution in [1.29, 1.82) is 0 Å². The zero-order valence-electron chi connectivity index (χ0n) is 16.3. The van der Waals surface area contributed by atoms with Crippen molar-refractivity contribution in [2.24, 2.45) is 0 Å². The summed E-state index contributed by atoms with van der Waals surface area (Å²) in [5.41, 5.74) is 3.94.